The Kier molecular flexibility index (Phi) is 10.3. The molecule has 10 heteroatoms. The van der Waals surface area contributed by atoms with E-state index < -0.39 is 11.7 Å². The van der Waals surface area contributed by atoms with Gasteiger partial charge >= 0.3 is 6.09 Å². The van der Waals surface area contributed by atoms with Crippen LogP contribution in [-0.2, 0) is 14.3 Å². The summed E-state index contributed by atoms with van der Waals surface area (Å²) in [6.07, 6.45) is 1.10. The van der Waals surface area contributed by atoms with Gasteiger partial charge in [0.05, 0.1) is 0 Å². The zero-order valence-electron chi connectivity index (χ0n) is 17.3. The summed E-state index contributed by atoms with van der Waals surface area (Å²) in [4.78, 5) is 32.3. The molecule has 0 radical (unpaired) electrons. The van der Waals surface area contributed by atoms with Crippen LogP contribution in [0.4, 0.5) is 4.79 Å². The third-order valence-corrected chi connectivity index (χ3v) is 4.38. The number of amides is 2. The van der Waals surface area contributed by atoms with Crippen LogP contribution in [-0.4, -0.2) is 92.4 Å². The lowest BCUT2D eigenvalue weighted by Crippen LogP contribution is -2.55. The van der Waals surface area contributed by atoms with Gasteiger partial charge in [0, 0.05) is 52.9 Å². The maximum atomic E-state index is 12.4. The predicted molar refractivity (Wildman–Crippen MR) is 118 cm³/mol. The Labute approximate surface area is 184 Å². The summed E-state index contributed by atoms with van der Waals surface area (Å²) in [5.74, 6) is 0.877. The monoisotopic (exact) mass is 511 g/mol. The molecule has 0 saturated carbocycles. The van der Waals surface area contributed by atoms with Gasteiger partial charge in [-0.05, 0) is 33.6 Å². The number of halogens is 1. The molecule has 1 atom stereocenters. The largest absolute Gasteiger partial charge is 0.444 e. The maximum absolute atomic E-state index is 12.4. The highest BCUT2D eigenvalue weighted by Crippen LogP contribution is 2.16. The fraction of sp³-hybridized carbons (Fsp3) is 0.833. The number of rotatable bonds is 4. The summed E-state index contributed by atoms with van der Waals surface area (Å²) in [7, 11) is 1.73. The highest BCUT2D eigenvalue weighted by atomic mass is 127. The van der Waals surface area contributed by atoms with Gasteiger partial charge < -0.3 is 29.9 Å². The minimum Gasteiger partial charge on any atom is -0.444 e. The van der Waals surface area contributed by atoms with Gasteiger partial charge in [0.2, 0.25) is 0 Å². The Morgan fingerprint density at radius 3 is 2.25 bits per heavy atom. The average molecular weight is 511 g/mol. The van der Waals surface area contributed by atoms with E-state index in [1.54, 1.807) is 7.05 Å². The molecule has 9 nitrogen and oxygen atoms in total. The molecule has 2 aliphatic rings. The number of nitrogens with zero attached hydrogens (tertiary/aromatic N) is 3. The number of hydrogen-bond acceptors (Lipinski definition) is 5. The summed E-state index contributed by atoms with van der Waals surface area (Å²) in [5.41, 5.74) is -0.506. The number of piperazine rings is 1. The van der Waals surface area contributed by atoms with E-state index in [9.17, 15) is 9.59 Å². The van der Waals surface area contributed by atoms with Crippen LogP contribution in [0.5, 0.6) is 0 Å². The lowest BCUT2D eigenvalue weighted by molar-refractivity contribution is -0.142. The molecule has 0 bridgehead atoms. The molecule has 2 aliphatic heterocycles. The first kappa shape index (κ1) is 24.7. The maximum Gasteiger partial charge on any atom is 0.407 e. The molecule has 2 N–H and O–H groups in total. The van der Waals surface area contributed by atoms with E-state index in [4.69, 9.17) is 9.47 Å². The number of hydrogen-bond donors (Lipinski definition) is 2. The van der Waals surface area contributed by atoms with Crippen LogP contribution in [0.2, 0.25) is 0 Å². The Hall–Kier alpha value is -1.30. The summed E-state index contributed by atoms with van der Waals surface area (Å²) in [6.45, 7) is 9.92. The van der Waals surface area contributed by atoms with Crippen molar-refractivity contribution in [1.82, 2.24) is 20.4 Å². The fourth-order valence-corrected chi connectivity index (χ4v) is 3.10. The van der Waals surface area contributed by atoms with Gasteiger partial charge in [0.25, 0.3) is 5.91 Å². The molecule has 2 rings (SSSR count). The average Bonchev–Trinajstić information content (AvgIpc) is 3.14. The molecule has 0 aliphatic carbocycles. The number of carbonyl (C=O) groups is 2. The van der Waals surface area contributed by atoms with E-state index in [1.165, 1.54) is 0 Å². The second-order valence-corrected chi connectivity index (χ2v) is 7.72. The molecule has 0 aromatic heterocycles. The molecular weight excluding hydrogens is 477 g/mol. The van der Waals surface area contributed by atoms with Gasteiger partial charge in [0.15, 0.2) is 5.96 Å². The van der Waals surface area contributed by atoms with Crippen molar-refractivity contribution in [3.05, 3.63) is 0 Å². The SMILES string of the molecule is CN=C(NCCNC(=O)OC(C)(C)C)N1CCN(C(=O)C2CCCO2)CC1.I. The zero-order chi connectivity index (χ0) is 19.9. The topological polar surface area (TPSA) is 95.5 Å². The number of alkyl carbamates (subject to hydrolysis) is 1. The highest BCUT2D eigenvalue weighted by Gasteiger charge is 2.30. The van der Waals surface area contributed by atoms with Gasteiger partial charge in [0.1, 0.15) is 11.7 Å². The number of ether oxygens (including phenoxy) is 2. The third-order valence-electron chi connectivity index (χ3n) is 4.38. The molecule has 2 saturated heterocycles. The summed E-state index contributed by atoms with van der Waals surface area (Å²) in [5, 5.41) is 5.94. The molecule has 28 heavy (non-hydrogen) atoms. The van der Waals surface area contributed by atoms with Crippen LogP contribution in [0.25, 0.3) is 0 Å². The predicted octanol–water partition coefficient (Wildman–Crippen LogP) is 1.03. The van der Waals surface area contributed by atoms with Crippen molar-refractivity contribution >= 4 is 41.9 Å². The number of aliphatic imine (C=N–C) groups is 1. The van der Waals surface area contributed by atoms with Crippen molar-refractivity contribution in [3.63, 3.8) is 0 Å². The minimum atomic E-state index is -0.506. The van der Waals surface area contributed by atoms with Crippen LogP contribution >= 0.6 is 24.0 Å². The summed E-state index contributed by atoms with van der Waals surface area (Å²) < 4.78 is 10.7. The van der Waals surface area contributed by atoms with E-state index in [0.717, 1.165) is 31.9 Å². The van der Waals surface area contributed by atoms with Gasteiger partial charge in [-0.25, -0.2) is 4.79 Å². The summed E-state index contributed by atoms with van der Waals surface area (Å²) >= 11 is 0. The molecular formula is C18H34IN5O4. The smallest absolute Gasteiger partial charge is 0.407 e. The molecule has 2 heterocycles. The Morgan fingerprint density at radius 1 is 1.11 bits per heavy atom. The highest BCUT2D eigenvalue weighted by molar-refractivity contribution is 14.0. The molecule has 0 spiro atoms. The van der Waals surface area contributed by atoms with E-state index in [-0.39, 0.29) is 36.0 Å². The van der Waals surface area contributed by atoms with Crippen LogP contribution in [0, 0.1) is 0 Å². The van der Waals surface area contributed by atoms with Crippen LogP contribution in [0.1, 0.15) is 33.6 Å². The molecule has 162 valence electrons. The van der Waals surface area contributed by atoms with E-state index in [1.807, 2.05) is 25.7 Å². The molecule has 0 aromatic carbocycles. The number of guanidine groups is 1. The lowest BCUT2D eigenvalue weighted by Gasteiger charge is -2.37. The van der Waals surface area contributed by atoms with Crippen molar-refractivity contribution in [2.75, 3.05) is 52.9 Å². The van der Waals surface area contributed by atoms with E-state index in [0.29, 0.717) is 32.8 Å². The number of carbonyl (C=O) groups excluding carboxylic acids is 2. The van der Waals surface area contributed by atoms with E-state index >= 15 is 0 Å². The molecule has 0 aromatic rings. The fourth-order valence-electron chi connectivity index (χ4n) is 3.10. The van der Waals surface area contributed by atoms with Crippen molar-refractivity contribution in [1.29, 1.82) is 0 Å². The zero-order valence-corrected chi connectivity index (χ0v) is 19.7. The van der Waals surface area contributed by atoms with Crippen LogP contribution in [0.15, 0.2) is 4.99 Å². The Balaban J connectivity index is 0.00000392. The van der Waals surface area contributed by atoms with Gasteiger partial charge in [-0.2, -0.15) is 0 Å². The van der Waals surface area contributed by atoms with Crippen LogP contribution in [0.3, 0.4) is 0 Å². The van der Waals surface area contributed by atoms with Crippen molar-refractivity contribution in [3.8, 4) is 0 Å². The molecule has 2 amide bonds. The molecule has 1 unspecified atom stereocenters. The van der Waals surface area contributed by atoms with Crippen molar-refractivity contribution in [2.45, 2.75) is 45.3 Å². The minimum absolute atomic E-state index is 0. The third kappa shape index (κ3) is 7.98. The van der Waals surface area contributed by atoms with Crippen LogP contribution < -0.4 is 10.6 Å². The van der Waals surface area contributed by atoms with Gasteiger partial charge in [-0.15, -0.1) is 24.0 Å². The quantitative estimate of drug-likeness (QED) is 0.254. The first-order valence-corrected chi connectivity index (χ1v) is 9.63. The second-order valence-electron chi connectivity index (χ2n) is 7.72. The van der Waals surface area contributed by atoms with E-state index in [2.05, 4.69) is 20.5 Å². The Bertz CT molecular complexity index is 539. The number of nitrogens with one attached hydrogen (secondary N) is 2. The van der Waals surface area contributed by atoms with Crippen molar-refractivity contribution in [2.24, 2.45) is 4.99 Å². The second kappa shape index (κ2) is 11.6. The van der Waals surface area contributed by atoms with Crippen molar-refractivity contribution < 1.29 is 19.1 Å². The Morgan fingerprint density at radius 2 is 1.71 bits per heavy atom. The van der Waals surface area contributed by atoms with Gasteiger partial charge in [-0.3, -0.25) is 9.79 Å². The first-order valence-electron chi connectivity index (χ1n) is 9.63. The lowest BCUT2D eigenvalue weighted by atomic mass is 10.2. The van der Waals surface area contributed by atoms with Gasteiger partial charge in [-0.1, -0.05) is 0 Å². The first-order chi connectivity index (χ1) is 12.8. The normalized spacial score (nSPS) is 20.4. The molecule has 2 fully saturated rings. The standard InChI is InChI=1S/C18H33N5O4.HI/c1-18(2,3)27-17(25)21-8-7-20-16(19-4)23-11-9-22(10-12-23)15(24)14-6-5-13-26-14;/h14H,5-13H2,1-4H3,(H,19,20)(H,21,25);1H. The summed E-state index contributed by atoms with van der Waals surface area (Å²) in [6, 6.07) is 0.